The number of imidazole rings is 1. The van der Waals surface area contributed by atoms with E-state index in [1.807, 2.05) is 10.8 Å². The molecular weight excluding hydrogens is 316 g/mol. The highest BCUT2D eigenvalue weighted by molar-refractivity contribution is 5.75. The Morgan fingerprint density at radius 3 is 2.80 bits per heavy atom. The molecule has 1 aliphatic heterocycles. The van der Waals surface area contributed by atoms with Gasteiger partial charge in [0.15, 0.2) is 0 Å². The van der Waals surface area contributed by atoms with Gasteiger partial charge in [-0.1, -0.05) is 0 Å². The topological polar surface area (TPSA) is 75.9 Å². The van der Waals surface area contributed by atoms with Crippen LogP contribution < -0.4 is 5.32 Å². The first kappa shape index (κ1) is 17.5. The van der Waals surface area contributed by atoms with Crippen LogP contribution in [0.25, 0.3) is 0 Å². The third-order valence-corrected chi connectivity index (χ3v) is 4.74. The standard InChI is InChI=1S/C18H26N6O/c1-23-10-4-15(5-11-23)18-16(20-6-7-21-18)13-22-17(25)3-2-9-24-12-8-19-14-24/h6-8,12,14-15H,2-5,9-11,13H2,1H3,(H,22,25). The first-order chi connectivity index (χ1) is 12.2. The van der Waals surface area contributed by atoms with Crippen molar-refractivity contribution in [2.24, 2.45) is 0 Å². The maximum Gasteiger partial charge on any atom is 0.220 e. The number of amides is 1. The van der Waals surface area contributed by atoms with Gasteiger partial charge < -0.3 is 14.8 Å². The fraction of sp³-hybridized carbons (Fsp3) is 0.556. The number of carbonyl (C=O) groups is 1. The molecule has 134 valence electrons. The van der Waals surface area contributed by atoms with Crippen molar-refractivity contribution < 1.29 is 4.79 Å². The zero-order chi connectivity index (χ0) is 17.5. The van der Waals surface area contributed by atoms with Crippen LogP contribution in [0.2, 0.25) is 0 Å². The fourth-order valence-electron chi connectivity index (χ4n) is 3.25. The summed E-state index contributed by atoms with van der Waals surface area (Å²) in [6, 6.07) is 0. The molecule has 0 atom stereocenters. The number of aryl methyl sites for hydroxylation is 1. The van der Waals surface area contributed by atoms with E-state index < -0.39 is 0 Å². The van der Waals surface area contributed by atoms with E-state index in [0.29, 0.717) is 18.9 Å². The Kier molecular flexibility index (Phi) is 6.11. The van der Waals surface area contributed by atoms with Crippen LogP contribution in [0.5, 0.6) is 0 Å². The molecule has 0 radical (unpaired) electrons. The number of aromatic nitrogens is 4. The zero-order valence-corrected chi connectivity index (χ0v) is 14.8. The highest BCUT2D eigenvalue weighted by atomic mass is 16.1. The summed E-state index contributed by atoms with van der Waals surface area (Å²) in [6.07, 6.45) is 12.4. The van der Waals surface area contributed by atoms with E-state index >= 15 is 0 Å². The summed E-state index contributed by atoms with van der Waals surface area (Å²) < 4.78 is 1.98. The van der Waals surface area contributed by atoms with Gasteiger partial charge in [-0.3, -0.25) is 14.8 Å². The van der Waals surface area contributed by atoms with Crippen molar-refractivity contribution in [1.82, 2.24) is 29.7 Å². The maximum absolute atomic E-state index is 12.1. The minimum atomic E-state index is 0.0556. The molecule has 0 aliphatic carbocycles. The SMILES string of the molecule is CN1CCC(c2nccnc2CNC(=O)CCCn2ccnc2)CC1. The molecule has 0 saturated carbocycles. The van der Waals surface area contributed by atoms with Gasteiger partial charge in [-0.05, 0) is 39.4 Å². The second-order valence-corrected chi connectivity index (χ2v) is 6.65. The Morgan fingerprint density at radius 1 is 1.24 bits per heavy atom. The monoisotopic (exact) mass is 342 g/mol. The molecule has 0 spiro atoms. The molecule has 0 bridgehead atoms. The lowest BCUT2D eigenvalue weighted by Crippen LogP contribution is -2.31. The second kappa shape index (κ2) is 8.71. The largest absolute Gasteiger partial charge is 0.350 e. The van der Waals surface area contributed by atoms with E-state index in [-0.39, 0.29) is 5.91 Å². The van der Waals surface area contributed by atoms with Gasteiger partial charge >= 0.3 is 0 Å². The van der Waals surface area contributed by atoms with Gasteiger partial charge in [0.05, 0.1) is 24.3 Å². The van der Waals surface area contributed by atoms with Crippen LogP contribution in [0.1, 0.15) is 43.0 Å². The van der Waals surface area contributed by atoms with Crippen molar-refractivity contribution in [3.8, 4) is 0 Å². The highest BCUT2D eigenvalue weighted by Gasteiger charge is 2.22. The average Bonchev–Trinajstić information content (AvgIpc) is 3.14. The molecule has 2 aromatic rings. The van der Waals surface area contributed by atoms with Gasteiger partial charge in [0.25, 0.3) is 0 Å². The number of nitrogens with zero attached hydrogens (tertiary/aromatic N) is 5. The summed E-state index contributed by atoms with van der Waals surface area (Å²) in [5.74, 6) is 0.498. The van der Waals surface area contributed by atoms with Crippen molar-refractivity contribution in [2.45, 2.75) is 44.7 Å². The van der Waals surface area contributed by atoms with E-state index in [2.05, 4.69) is 32.2 Å². The number of piperidine rings is 1. The maximum atomic E-state index is 12.1. The van der Waals surface area contributed by atoms with Crippen molar-refractivity contribution in [3.05, 3.63) is 42.5 Å². The van der Waals surface area contributed by atoms with Crippen molar-refractivity contribution in [3.63, 3.8) is 0 Å². The first-order valence-corrected chi connectivity index (χ1v) is 8.93. The molecule has 0 aromatic carbocycles. The lowest BCUT2D eigenvalue weighted by atomic mass is 9.92. The third-order valence-electron chi connectivity index (χ3n) is 4.74. The Hall–Kier alpha value is -2.28. The number of carbonyl (C=O) groups excluding carboxylic acids is 1. The summed E-state index contributed by atoms with van der Waals surface area (Å²) >= 11 is 0. The predicted octanol–water partition coefficient (Wildman–Crippen LogP) is 1.58. The molecule has 1 fully saturated rings. The van der Waals surface area contributed by atoms with Crippen molar-refractivity contribution in [2.75, 3.05) is 20.1 Å². The Morgan fingerprint density at radius 2 is 2.04 bits per heavy atom. The van der Waals surface area contributed by atoms with E-state index in [4.69, 9.17) is 0 Å². The Bertz CT molecular complexity index is 664. The van der Waals surface area contributed by atoms with E-state index in [9.17, 15) is 4.79 Å². The van der Waals surface area contributed by atoms with Gasteiger partial charge in [-0.15, -0.1) is 0 Å². The van der Waals surface area contributed by atoms with Crippen LogP contribution in [0, 0.1) is 0 Å². The molecule has 7 nitrogen and oxygen atoms in total. The summed E-state index contributed by atoms with van der Waals surface area (Å²) in [5.41, 5.74) is 1.95. The number of hydrogen-bond acceptors (Lipinski definition) is 5. The number of rotatable bonds is 7. The van der Waals surface area contributed by atoms with Crippen LogP contribution >= 0.6 is 0 Å². The fourth-order valence-corrected chi connectivity index (χ4v) is 3.25. The molecule has 1 amide bonds. The van der Waals surface area contributed by atoms with Crippen LogP contribution in [-0.2, 0) is 17.9 Å². The van der Waals surface area contributed by atoms with Gasteiger partial charge in [0.2, 0.25) is 5.91 Å². The smallest absolute Gasteiger partial charge is 0.220 e. The van der Waals surface area contributed by atoms with Gasteiger partial charge in [0.1, 0.15) is 0 Å². The molecule has 2 aromatic heterocycles. The number of likely N-dealkylation sites (tertiary alicyclic amines) is 1. The normalized spacial score (nSPS) is 16.0. The van der Waals surface area contributed by atoms with Crippen LogP contribution in [0.15, 0.2) is 31.1 Å². The summed E-state index contributed by atoms with van der Waals surface area (Å²) in [6.45, 7) is 3.43. The minimum Gasteiger partial charge on any atom is -0.350 e. The predicted molar refractivity (Wildman–Crippen MR) is 94.8 cm³/mol. The van der Waals surface area contributed by atoms with Crippen LogP contribution in [0.3, 0.4) is 0 Å². The molecule has 7 heteroatoms. The second-order valence-electron chi connectivity index (χ2n) is 6.65. The van der Waals surface area contributed by atoms with Gasteiger partial charge in [-0.2, -0.15) is 0 Å². The van der Waals surface area contributed by atoms with E-state index in [0.717, 1.165) is 50.3 Å². The first-order valence-electron chi connectivity index (χ1n) is 8.93. The minimum absolute atomic E-state index is 0.0556. The van der Waals surface area contributed by atoms with Crippen molar-refractivity contribution >= 4 is 5.91 Å². The number of hydrogen-bond donors (Lipinski definition) is 1. The molecule has 3 heterocycles. The molecule has 3 rings (SSSR count). The third kappa shape index (κ3) is 5.09. The molecule has 25 heavy (non-hydrogen) atoms. The van der Waals surface area contributed by atoms with E-state index in [1.165, 1.54) is 0 Å². The molecular formula is C18H26N6O. The molecule has 0 unspecified atom stereocenters. The lowest BCUT2D eigenvalue weighted by Gasteiger charge is -2.29. The molecule has 1 N–H and O–H groups in total. The van der Waals surface area contributed by atoms with E-state index in [1.54, 1.807) is 24.9 Å². The average molecular weight is 342 g/mol. The lowest BCUT2D eigenvalue weighted by molar-refractivity contribution is -0.121. The van der Waals surface area contributed by atoms with Gasteiger partial charge in [0, 0.05) is 43.7 Å². The van der Waals surface area contributed by atoms with Gasteiger partial charge in [-0.25, -0.2) is 4.98 Å². The Balaban J connectivity index is 1.48. The molecule has 1 saturated heterocycles. The zero-order valence-electron chi connectivity index (χ0n) is 14.8. The number of nitrogens with one attached hydrogen (secondary N) is 1. The molecule has 1 aliphatic rings. The summed E-state index contributed by atoms with van der Waals surface area (Å²) in [5, 5.41) is 2.99. The summed E-state index contributed by atoms with van der Waals surface area (Å²) in [4.78, 5) is 27.4. The summed E-state index contributed by atoms with van der Waals surface area (Å²) in [7, 11) is 2.15. The van der Waals surface area contributed by atoms with Crippen LogP contribution in [-0.4, -0.2) is 50.5 Å². The Labute approximate surface area is 148 Å². The highest BCUT2D eigenvalue weighted by Crippen LogP contribution is 2.27. The quantitative estimate of drug-likeness (QED) is 0.827. The van der Waals surface area contributed by atoms with Crippen LogP contribution in [0.4, 0.5) is 0 Å². The van der Waals surface area contributed by atoms with Crippen molar-refractivity contribution in [1.29, 1.82) is 0 Å².